The van der Waals surface area contributed by atoms with Crippen LogP contribution < -0.4 is 15.1 Å². The van der Waals surface area contributed by atoms with E-state index in [1.54, 1.807) is 53.4 Å². The van der Waals surface area contributed by atoms with Crippen molar-refractivity contribution in [1.82, 2.24) is 0 Å². The number of carbonyl (C=O) groups excluding carboxylic acids is 1. The maximum Gasteiger partial charge on any atom is 0.295 e. The SMILES string of the molecule is CCCOc1ccc(C2c3c(oc4ccccc4c3=O)C(=O)N2c2cccc(Cl)c2)cc1. The highest BCUT2D eigenvalue weighted by Gasteiger charge is 2.43. The van der Waals surface area contributed by atoms with E-state index in [0.29, 0.717) is 33.8 Å². The minimum absolute atomic E-state index is 0.0602. The van der Waals surface area contributed by atoms with E-state index < -0.39 is 6.04 Å². The lowest BCUT2D eigenvalue weighted by atomic mass is 9.98. The second-order valence-electron chi connectivity index (χ2n) is 7.65. The molecule has 1 amide bonds. The normalized spacial score (nSPS) is 15.2. The summed E-state index contributed by atoms with van der Waals surface area (Å²) in [6, 6.07) is 20.8. The molecule has 1 unspecified atom stereocenters. The van der Waals surface area contributed by atoms with Gasteiger partial charge in [-0.05, 0) is 54.4 Å². The Morgan fingerprint density at radius 1 is 1.00 bits per heavy atom. The molecular weight excluding hydrogens is 426 g/mol. The van der Waals surface area contributed by atoms with Gasteiger partial charge in [0.15, 0.2) is 5.43 Å². The third-order valence-electron chi connectivity index (χ3n) is 5.53. The molecule has 0 aliphatic carbocycles. The zero-order valence-corrected chi connectivity index (χ0v) is 18.1. The number of rotatable bonds is 5. The molecule has 0 N–H and O–H groups in total. The highest BCUT2D eigenvalue weighted by Crippen LogP contribution is 2.42. The van der Waals surface area contributed by atoms with Crippen molar-refractivity contribution in [3.05, 3.63) is 105 Å². The molecule has 1 aliphatic rings. The summed E-state index contributed by atoms with van der Waals surface area (Å²) in [6.45, 7) is 2.66. The molecule has 4 aromatic rings. The van der Waals surface area contributed by atoms with Gasteiger partial charge >= 0.3 is 0 Å². The van der Waals surface area contributed by atoms with Crippen molar-refractivity contribution in [2.24, 2.45) is 0 Å². The van der Waals surface area contributed by atoms with Gasteiger partial charge in [-0.1, -0.05) is 48.9 Å². The van der Waals surface area contributed by atoms with Gasteiger partial charge in [0.2, 0.25) is 5.76 Å². The molecule has 1 aromatic heterocycles. The Balaban J connectivity index is 1.72. The Morgan fingerprint density at radius 2 is 1.78 bits per heavy atom. The molecule has 1 aliphatic heterocycles. The van der Waals surface area contributed by atoms with Gasteiger partial charge in [0.25, 0.3) is 5.91 Å². The predicted molar refractivity (Wildman–Crippen MR) is 125 cm³/mol. The van der Waals surface area contributed by atoms with E-state index in [1.807, 2.05) is 31.2 Å². The van der Waals surface area contributed by atoms with Crippen LogP contribution in [0.4, 0.5) is 5.69 Å². The molecule has 160 valence electrons. The molecule has 32 heavy (non-hydrogen) atoms. The van der Waals surface area contributed by atoms with Crippen LogP contribution in [-0.4, -0.2) is 12.5 Å². The minimum atomic E-state index is -0.642. The van der Waals surface area contributed by atoms with Crippen molar-refractivity contribution in [2.45, 2.75) is 19.4 Å². The second kappa shape index (κ2) is 8.17. The van der Waals surface area contributed by atoms with Crippen LogP contribution in [0.5, 0.6) is 5.75 Å². The van der Waals surface area contributed by atoms with Gasteiger partial charge in [-0.15, -0.1) is 0 Å². The standard InChI is InChI=1S/C26H20ClNO4/c1-2-14-31-19-12-10-16(11-13-19)23-22-24(29)20-8-3-4-9-21(20)32-25(22)26(30)28(23)18-7-5-6-17(27)15-18/h3-13,15,23H,2,14H2,1H3. The minimum Gasteiger partial charge on any atom is -0.494 e. The Labute approximate surface area is 189 Å². The maximum atomic E-state index is 13.5. The molecule has 0 spiro atoms. The van der Waals surface area contributed by atoms with Crippen LogP contribution >= 0.6 is 11.6 Å². The number of anilines is 1. The first-order valence-electron chi connectivity index (χ1n) is 10.5. The van der Waals surface area contributed by atoms with Crippen LogP contribution in [0.15, 0.2) is 82.0 Å². The van der Waals surface area contributed by atoms with Gasteiger partial charge in [0, 0.05) is 10.7 Å². The number of para-hydroxylation sites is 1. The van der Waals surface area contributed by atoms with Gasteiger partial charge in [-0.2, -0.15) is 0 Å². The summed E-state index contributed by atoms with van der Waals surface area (Å²) in [5.41, 5.74) is 1.88. The van der Waals surface area contributed by atoms with Crippen molar-refractivity contribution in [3.8, 4) is 5.75 Å². The van der Waals surface area contributed by atoms with Crippen LogP contribution in [0.1, 0.15) is 41.1 Å². The van der Waals surface area contributed by atoms with Crippen LogP contribution in [-0.2, 0) is 0 Å². The molecular formula is C26H20ClNO4. The number of hydrogen-bond donors (Lipinski definition) is 0. The average molecular weight is 446 g/mol. The number of ether oxygens (including phenoxy) is 1. The molecule has 3 aromatic carbocycles. The van der Waals surface area contributed by atoms with E-state index in [1.165, 1.54) is 0 Å². The molecule has 5 nitrogen and oxygen atoms in total. The van der Waals surface area contributed by atoms with E-state index >= 15 is 0 Å². The fourth-order valence-electron chi connectivity index (χ4n) is 4.09. The van der Waals surface area contributed by atoms with E-state index in [4.69, 9.17) is 20.8 Å². The lowest BCUT2D eigenvalue weighted by Gasteiger charge is -2.25. The molecule has 2 heterocycles. The number of hydrogen-bond acceptors (Lipinski definition) is 4. The first-order chi connectivity index (χ1) is 15.6. The zero-order valence-electron chi connectivity index (χ0n) is 17.4. The summed E-state index contributed by atoms with van der Waals surface area (Å²) in [4.78, 5) is 28.6. The van der Waals surface area contributed by atoms with Crippen LogP contribution in [0, 0.1) is 0 Å². The van der Waals surface area contributed by atoms with Gasteiger partial charge in [-0.25, -0.2) is 0 Å². The summed E-state index contributed by atoms with van der Waals surface area (Å²) >= 11 is 6.22. The zero-order chi connectivity index (χ0) is 22.2. The molecule has 5 rings (SSSR count). The third-order valence-corrected chi connectivity index (χ3v) is 5.77. The topological polar surface area (TPSA) is 59.8 Å². The first kappa shape index (κ1) is 20.3. The average Bonchev–Trinajstić information content (AvgIpc) is 3.11. The summed E-state index contributed by atoms with van der Waals surface area (Å²) < 4.78 is 11.7. The molecule has 0 saturated heterocycles. The number of nitrogens with zero attached hydrogens (tertiary/aromatic N) is 1. The smallest absolute Gasteiger partial charge is 0.295 e. The molecule has 0 radical (unpaired) electrons. The first-order valence-corrected chi connectivity index (χ1v) is 10.8. The lowest BCUT2D eigenvalue weighted by Crippen LogP contribution is -2.29. The highest BCUT2D eigenvalue weighted by molar-refractivity contribution is 6.31. The number of benzene rings is 3. The van der Waals surface area contributed by atoms with E-state index in [-0.39, 0.29) is 17.1 Å². The maximum absolute atomic E-state index is 13.5. The van der Waals surface area contributed by atoms with Crippen LogP contribution in [0.25, 0.3) is 11.0 Å². The molecule has 0 bridgehead atoms. The van der Waals surface area contributed by atoms with Crippen molar-refractivity contribution >= 4 is 34.2 Å². The quantitative estimate of drug-likeness (QED) is 0.379. The number of carbonyl (C=O) groups is 1. The lowest BCUT2D eigenvalue weighted by molar-refractivity contribution is 0.0971. The monoisotopic (exact) mass is 445 g/mol. The summed E-state index contributed by atoms with van der Waals surface area (Å²) in [7, 11) is 0. The fourth-order valence-corrected chi connectivity index (χ4v) is 4.28. The molecule has 0 saturated carbocycles. The van der Waals surface area contributed by atoms with Crippen molar-refractivity contribution in [2.75, 3.05) is 11.5 Å². The molecule has 0 fully saturated rings. The Kier molecular flexibility index (Phi) is 5.19. The predicted octanol–water partition coefficient (Wildman–Crippen LogP) is 5.99. The Morgan fingerprint density at radius 3 is 2.53 bits per heavy atom. The van der Waals surface area contributed by atoms with E-state index in [0.717, 1.165) is 17.7 Å². The summed E-state index contributed by atoms with van der Waals surface area (Å²) in [5.74, 6) is 0.423. The highest BCUT2D eigenvalue weighted by atomic mass is 35.5. The third kappa shape index (κ3) is 3.35. The Bertz CT molecular complexity index is 1380. The van der Waals surface area contributed by atoms with Gasteiger partial charge < -0.3 is 9.15 Å². The van der Waals surface area contributed by atoms with Crippen LogP contribution in [0.2, 0.25) is 5.02 Å². The fraction of sp³-hybridized carbons (Fsp3) is 0.154. The molecule has 6 heteroatoms. The van der Waals surface area contributed by atoms with Crippen molar-refractivity contribution in [3.63, 3.8) is 0 Å². The number of amides is 1. The number of halogens is 1. The summed E-state index contributed by atoms with van der Waals surface area (Å²) in [5, 5.41) is 0.942. The van der Waals surface area contributed by atoms with E-state index in [2.05, 4.69) is 0 Å². The number of fused-ring (bicyclic) bond motifs is 2. The van der Waals surface area contributed by atoms with Crippen molar-refractivity contribution in [1.29, 1.82) is 0 Å². The van der Waals surface area contributed by atoms with Gasteiger partial charge in [0.1, 0.15) is 11.3 Å². The largest absolute Gasteiger partial charge is 0.494 e. The summed E-state index contributed by atoms with van der Waals surface area (Å²) in [6.07, 6.45) is 0.906. The van der Waals surface area contributed by atoms with Gasteiger partial charge in [-0.3, -0.25) is 14.5 Å². The van der Waals surface area contributed by atoms with E-state index in [9.17, 15) is 9.59 Å². The second-order valence-corrected chi connectivity index (χ2v) is 8.08. The Hall–Kier alpha value is -3.57. The van der Waals surface area contributed by atoms with Crippen molar-refractivity contribution < 1.29 is 13.9 Å². The van der Waals surface area contributed by atoms with Gasteiger partial charge in [0.05, 0.1) is 23.6 Å². The molecule has 1 atom stereocenters. The van der Waals surface area contributed by atoms with Crippen LogP contribution in [0.3, 0.4) is 0 Å².